The molecule has 7 aromatic rings. The topological polar surface area (TPSA) is 0 Å². The average molecular weight is 907 g/mol. The van der Waals surface area contributed by atoms with Crippen LogP contribution in [0.5, 0.6) is 0 Å². The van der Waals surface area contributed by atoms with E-state index < -0.39 is 0 Å². The van der Waals surface area contributed by atoms with E-state index in [-0.39, 0.29) is 24.0 Å². The molecule has 0 heterocycles. The van der Waals surface area contributed by atoms with Crippen LogP contribution in [0.15, 0.2) is 200 Å². The van der Waals surface area contributed by atoms with Crippen LogP contribution in [-0.2, 0) is 0 Å². The number of fused-ring (bicyclic) bond motifs is 6. The Hall–Kier alpha value is -6.29. The van der Waals surface area contributed by atoms with Crippen molar-refractivity contribution in [2.45, 2.75) is 31.6 Å². The Balaban J connectivity index is 0.00000432. The summed E-state index contributed by atoms with van der Waals surface area (Å²) in [5, 5.41) is 5.27. The number of hydrogen-bond donors (Lipinski definition) is 0. The molecule has 3 atom stereocenters. The van der Waals surface area contributed by atoms with Gasteiger partial charge in [-0.25, -0.2) is 0 Å². The standard InChI is InChI=1S/C61H46.HI/c1-5-20-40(21-6-1)45-26-9-3-10-28-47(45)59-52-30-12-4-11-29-49(52)57(50-32-15-17-34-53(50)59)43-24-19-25-44(38-43)58-51-33-16-18-35-54(51)60(55-37-36-42-39-56(42)61(55)58)48-31-14-13-27-46(48)41-22-7-2-8-23-41;/h1-3,5-20,22-27,29-38,40,42,56H,4,21,28,39H2;1H. The van der Waals surface area contributed by atoms with Crippen molar-refractivity contribution in [2.24, 2.45) is 11.8 Å². The molecule has 0 aliphatic heterocycles. The molecular weight excluding hydrogens is 860 g/mol. The minimum atomic E-state index is 0. The maximum absolute atomic E-state index is 2.51. The first-order valence-corrected chi connectivity index (χ1v) is 22.2. The SMILES string of the molecule is C1=CCC(c2c3c(c(-c4cccc(-c5c6c(c(-c7ccccc7-c7ccccc7)c7ccccc57)C=CC5CC65)c4)c4ccccc24)C=CCC=C3)=C(C2C=CC=CC2)C=C1.I. The zero-order valence-electron chi connectivity index (χ0n) is 34.7. The van der Waals surface area contributed by atoms with Crippen LogP contribution in [0, 0.1) is 11.8 Å². The van der Waals surface area contributed by atoms with Gasteiger partial charge in [0.05, 0.1) is 0 Å². The fraction of sp³-hybridized carbons (Fsp3) is 0.115. The normalized spacial score (nSPS) is 19.2. The van der Waals surface area contributed by atoms with Crippen molar-refractivity contribution < 1.29 is 0 Å². The van der Waals surface area contributed by atoms with E-state index in [4.69, 9.17) is 0 Å². The second-order valence-electron chi connectivity index (χ2n) is 17.2. The van der Waals surface area contributed by atoms with Crippen LogP contribution in [0.4, 0.5) is 0 Å². The van der Waals surface area contributed by atoms with Gasteiger partial charge in [0.15, 0.2) is 0 Å². The number of halogens is 1. The first-order chi connectivity index (χ1) is 30.3. The van der Waals surface area contributed by atoms with Crippen LogP contribution in [0.2, 0.25) is 0 Å². The zero-order chi connectivity index (χ0) is 40.3. The molecule has 7 aromatic carbocycles. The third-order valence-corrected chi connectivity index (χ3v) is 13.7. The third-order valence-electron chi connectivity index (χ3n) is 13.7. The van der Waals surface area contributed by atoms with E-state index in [2.05, 4.69) is 212 Å². The molecular formula is C61H47I. The third kappa shape index (κ3) is 6.48. The van der Waals surface area contributed by atoms with Gasteiger partial charge in [-0.2, -0.15) is 0 Å². The maximum Gasteiger partial charge on any atom is 0.00587 e. The summed E-state index contributed by atoms with van der Waals surface area (Å²) in [6.45, 7) is 0. The zero-order valence-corrected chi connectivity index (χ0v) is 37.0. The largest absolute Gasteiger partial charge is 0.107 e. The molecule has 0 saturated heterocycles. The molecule has 3 unspecified atom stereocenters. The fourth-order valence-electron chi connectivity index (χ4n) is 11.0. The number of benzene rings is 7. The molecule has 62 heavy (non-hydrogen) atoms. The Morgan fingerprint density at radius 1 is 0.435 bits per heavy atom. The lowest BCUT2D eigenvalue weighted by Crippen LogP contribution is -2.06. The summed E-state index contributed by atoms with van der Waals surface area (Å²) in [6, 6.07) is 47.9. The molecule has 0 nitrogen and oxygen atoms in total. The van der Waals surface area contributed by atoms with Gasteiger partial charge in [-0.05, 0) is 149 Å². The molecule has 298 valence electrons. The van der Waals surface area contributed by atoms with Crippen LogP contribution in [0.3, 0.4) is 0 Å². The van der Waals surface area contributed by atoms with Gasteiger partial charge in [0.25, 0.3) is 0 Å². The maximum atomic E-state index is 2.51. The van der Waals surface area contributed by atoms with E-state index in [1.165, 1.54) is 111 Å². The summed E-state index contributed by atoms with van der Waals surface area (Å²) in [5.74, 6) is 1.48. The molecule has 12 rings (SSSR count). The molecule has 1 saturated carbocycles. The molecule has 0 radical (unpaired) electrons. The highest BCUT2D eigenvalue weighted by Crippen LogP contribution is 2.59. The predicted molar refractivity (Wildman–Crippen MR) is 277 cm³/mol. The van der Waals surface area contributed by atoms with E-state index in [0.717, 1.165) is 19.3 Å². The molecule has 0 aromatic heterocycles. The van der Waals surface area contributed by atoms with Crippen molar-refractivity contribution >= 4 is 69.3 Å². The molecule has 5 aliphatic carbocycles. The summed E-state index contributed by atoms with van der Waals surface area (Å²) in [4.78, 5) is 0. The van der Waals surface area contributed by atoms with Gasteiger partial charge in [0, 0.05) is 5.92 Å². The Morgan fingerprint density at radius 3 is 1.82 bits per heavy atom. The van der Waals surface area contributed by atoms with Crippen molar-refractivity contribution in [3.63, 3.8) is 0 Å². The minimum absolute atomic E-state index is 0. The van der Waals surface area contributed by atoms with Crippen LogP contribution in [0.25, 0.3) is 89.9 Å². The van der Waals surface area contributed by atoms with E-state index >= 15 is 0 Å². The molecule has 0 amide bonds. The van der Waals surface area contributed by atoms with E-state index in [1.54, 1.807) is 0 Å². The van der Waals surface area contributed by atoms with E-state index in [1.807, 2.05) is 0 Å². The highest BCUT2D eigenvalue weighted by atomic mass is 127. The van der Waals surface area contributed by atoms with Crippen molar-refractivity contribution in [2.75, 3.05) is 0 Å². The van der Waals surface area contributed by atoms with Crippen molar-refractivity contribution in [1.82, 2.24) is 0 Å². The van der Waals surface area contributed by atoms with Gasteiger partial charge in [0.1, 0.15) is 0 Å². The van der Waals surface area contributed by atoms with Crippen LogP contribution in [0.1, 0.15) is 59.4 Å². The number of allylic oxidation sites excluding steroid dienone is 13. The molecule has 1 fully saturated rings. The van der Waals surface area contributed by atoms with E-state index in [0.29, 0.717) is 17.8 Å². The summed E-state index contributed by atoms with van der Waals surface area (Å²) in [6.07, 6.45) is 36.8. The quantitative estimate of drug-likeness (QED) is 0.146. The van der Waals surface area contributed by atoms with Gasteiger partial charge < -0.3 is 0 Å². The summed E-state index contributed by atoms with van der Waals surface area (Å²) in [7, 11) is 0. The van der Waals surface area contributed by atoms with Crippen LogP contribution in [-0.4, -0.2) is 0 Å². The van der Waals surface area contributed by atoms with Gasteiger partial charge in [-0.1, -0.05) is 206 Å². The Bertz CT molecular complexity index is 3190. The second-order valence-corrected chi connectivity index (χ2v) is 17.2. The van der Waals surface area contributed by atoms with Gasteiger partial charge >= 0.3 is 0 Å². The second kappa shape index (κ2) is 16.2. The summed E-state index contributed by atoms with van der Waals surface area (Å²) in [5.41, 5.74) is 20.2. The minimum Gasteiger partial charge on any atom is -0.107 e. The monoisotopic (exact) mass is 906 g/mol. The Morgan fingerprint density at radius 2 is 1.06 bits per heavy atom. The lowest BCUT2D eigenvalue weighted by molar-refractivity contribution is 0.787. The highest BCUT2D eigenvalue weighted by molar-refractivity contribution is 14.0. The van der Waals surface area contributed by atoms with Crippen molar-refractivity contribution in [3.05, 3.63) is 228 Å². The fourth-order valence-corrected chi connectivity index (χ4v) is 11.0. The average Bonchev–Trinajstić information content (AvgIpc) is 4.18. The highest BCUT2D eigenvalue weighted by Gasteiger charge is 2.43. The smallest absolute Gasteiger partial charge is 0.00587 e. The lowest BCUT2D eigenvalue weighted by atomic mass is 9.77. The predicted octanol–water partition coefficient (Wildman–Crippen LogP) is 17.2. The summed E-state index contributed by atoms with van der Waals surface area (Å²) < 4.78 is 0. The Labute approximate surface area is 382 Å². The summed E-state index contributed by atoms with van der Waals surface area (Å²) >= 11 is 0. The van der Waals surface area contributed by atoms with Gasteiger partial charge in [0.2, 0.25) is 0 Å². The van der Waals surface area contributed by atoms with Crippen LogP contribution < -0.4 is 0 Å². The molecule has 5 aliphatic rings. The Kier molecular flexibility index (Phi) is 10.1. The first-order valence-electron chi connectivity index (χ1n) is 22.2. The molecule has 0 spiro atoms. The van der Waals surface area contributed by atoms with Gasteiger partial charge in [-0.15, -0.1) is 24.0 Å². The molecule has 0 bridgehead atoms. The molecule has 1 heteroatoms. The van der Waals surface area contributed by atoms with Crippen molar-refractivity contribution in [1.29, 1.82) is 0 Å². The number of rotatable bonds is 6. The molecule has 0 N–H and O–H groups in total. The van der Waals surface area contributed by atoms with Crippen molar-refractivity contribution in [3.8, 4) is 44.5 Å². The van der Waals surface area contributed by atoms with Crippen LogP contribution >= 0.6 is 24.0 Å². The number of hydrogen-bond acceptors (Lipinski definition) is 0. The lowest BCUT2D eigenvalue weighted by Gasteiger charge is -2.26. The first kappa shape index (κ1) is 38.6. The van der Waals surface area contributed by atoms with E-state index in [9.17, 15) is 0 Å². The van der Waals surface area contributed by atoms with Gasteiger partial charge in [-0.3, -0.25) is 0 Å².